The molecule has 1 heterocycles. The highest BCUT2D eigenvalue weighted by molar-refractivity contribution is 9.09. The van der Waals surface area contributed by atoms with Crippen molar-refractivity contribution in [3.63, 3.8) is 0 Å². The number of ether oxygens (including phenoxy) is 2. The molecule has 2 rings (SSSR count). The highest BCUT2D eigenvalue weighted by atomic mass is 79.9. The van der Waals surface area contributed by atoms with Gasteiger partial charge in [0.2, 0.25) is 0 Å². The Morgan fingerprint density at radius 3 is 1.84 bits per heavy atom. The van der Waals surface area contributed by atoms with E-state index in [2.05, 4.69) is 103 Å². The van der Waals surface area contributed by atoms with E-state index in [9.17, 15) is 0 Å². The number of hydrogen-bond acceptors (Lipinski definition) is 4. The first-order valence-electron chi connectivity index (χ1n) is 26.2. The Balaban J connectivity index is 1.96. The summed E-state index contributed by atoms with van der Waals surface area (Å²) < 4.78 is 27.4. The van der Waals surface area contributed by atoms with Gasteiger partial charge in [0.05, 0.1) is 0 Å². The van der Waals surface area contributed by atoms with Crippen molar-refractivity contribution < 1.29 is 18.3 Å². The predicted molar refractivity (Wildman–Crippen MR) is 273 cm³/mol. The van der Waals surface area contributed by atoms with Gasteiger partial charge in [-0.25, -0.2) is 0 Å². The summed E-state index contributed by atoms with van der Waals surface area (Å²) in [5, 5.41) is 1.08. The fourth-order valence-corrected chi connectivity index (χ4v) is 11.2. The molecule has 0 N–H and O–H groups in total. The first kappa shape index (κ1) is 56.3. The molecule has 0 amide bonds. The van der Waals surface area contributed by atoms with Gasteiger partial charge in [-0.2, -0.15) is 0 Å². The van der Waals surface area contributed by atoms with Gasteiger partial charge in [0.1, 0.15) is 17.1 Å². The summed E-state index contributed by atoms with van der Waals surface area (Å²) in [4.78, 5) is 0. The second-order valence-corrected chi connectivity index (χ2v) is 24.9. The second kappa shape index (κ2) is 32.8. The van der Waals surface area contributed by atoms with Gasteiger partial charge in [-0.1, -0.05) is 172 Å². The number of unbranched alkanes of at least 4 members (excludes halogenated alkanes) is 14. The van der Waals surface area contributed by atoms with Gasteiger partial charge in [-0.15, -0.1) is 0 Å². The molecule has 6 heteroatoms. The van der Waals surface area contributed by atoms with Crippen LogP contribution in [0.4, 0.5) is 0 Å². The van der Waals surface area contributed by atoms with E-state index < -0.39 is 8.56 Å². The van der Waals surface area contributed by atoms with Crippen LogP contribution in [0.25, 0.3) is 0 Å². The van der Waals surface area contributed by atoms with Gasteiger partial charge < -0.3 is 18.3 Å². The molecule has 1 aromatic rings. The number of rotatable bonds is 38. The van der Waals surface area contributed by atoms with E-state index in [1.54, 1.807) is 0 Å². The summed E-state index contributed by atoms with van der Waals surface area (Å²) in [6, 6.07) is 0. The molecule has 0 bridgehead atoms. The smallest absolute Gasteiger partial charge is 0.334 e. The zero-order valence-corrected chi connectivity index (χ0v) is 45.0. The summed E-state index contributed by atoms with van der Waals surface area (Å²) in [7, 11) is -2.40. The molecule has 4 nitrogen and oxygen atoms in total. The molecule has 0 saturated carbocycles. The Hall–Kier alpha value is -0.823. The van der Waals surface area contributed by atoms with E-state index in [0.717, 1.165) is 79.7 Å². The molecule has 4 atom stereocenters. The molecule has 0 radical (unpaired) electrons. The first-order chi connectivity index (χ1) is 29.2. The van der Waals surface area contributed by atoms with Crippen molar-refractivity contribution in [2.45, 2.75) is 274 Å². The molecule has 1 aliphatic rings. The van der Waals surface area contributed by atoms with Crippen LogP contribution >= 0.6 is 15.9 Å². The summed E-state index contributed by atoms with van der Waals surface area (Å²) in [6.07, 6.45) is 41.2. The number of alkyl halides is 1. The van der Waals surface area contributed by atoms with Crippen molar-refractivity contribution in [2.24, 2.45) is 17.8 Å². The summed E-state index contributed by atoms with van der Waals surface area (Å²) in [6.45, 7) is 26.2. The molecular formula is C55H101BrO4Si. The molecular weight excluding hydrogens is 833 g/mol. The third-order valence-electron chi connectivity index (χ3n) is 13.7. The Labute approximate surface area is 390 Å². The zero-order chi connectivity index (χ0) is 44.9. The van der Waals surface area contributed by atoms with Crippen molar-refractivity contribution >= 4 is 24.5 Å². The molecule has 356 valence electrons. The maximum Gasteiger partial charge on any atom is 0.334 e. The topological polar surface area (TPSA) is 36.9 Å². The predicted octanol–water partition coefficient (Wildman–Crippen LogP) is 18.6. The van der Waals surface area contributed by atoms with Crippen LogP contribution in [0, 0.1) is 38.5 Å². The standard InChI is InChI=1S/C55H101BrO4Si/c1-12-13-14-15-16-17-18-19-20-21-22-23-24-25-28-39-52(60-61(10,11)57-44-30-27-26-29-43-56)58-53-48(6)49(7)54-51(50(53)8)40-42-55(9,59-54)41-33-38-47(5)37-32-36-46(4)35-31-34-45(2)3/h19-20,45-47,52H,12-18,21-44H2,1-11H3/b20-19-. The normalized spacial score (nSPS) is 17.2. The van der Waals surface area contributed by atoms with Crippen molar-refractivity contribution in [1.29, 1.82) is 0 Å². The fraction of sp³-hybridized carbons (Fsp3) is 0.855. The largest absolute Gasteiger partial charge is 0.487 e. The summed E-state index contributed by atoms with van der Waals surface area (Å²) >= 11 is 3.56. The van der Waals surface area contributed by atoms with Gasteiger partial charge in [0.15, 0.2) is 6.29 Å². The number of halogens is 1. The third kappa shape index (κ3) is 24.9. The number of benzene rings is 1. The van der Waals surface area contributed by atoms with Crippen molar-refractivity contribution in [2.75, 3.05) is 11.9 Å². The van der Waals surface area contributed by atoms with Crippen molar-refractivity contribution in [3.8, 4) is 11.5 Å². The van der Waals surface area contributed by atoms with Gasteiger partial charge in [0, 0.05) is 23.9 Å². The minimum atomic E-state index is -2.40. The maximum absolute atomic E-state index is 7.03. The van der Waals surface area contributed by atoms with Gasteiger partial charge >= 0.3 is 8.56 Å². The number of hydrogen-bond donors (Lipinski definition) is 0. The molecule has 1 aromatic carbocycles. The van der Waals surface area contributed by atoms with Crippen LogP contribution in [0.5, 0.6) is 11.5 Å². The van der Waals surface area contributed by atoms with Crippen molar-refractivity contribution in [1.82, 2.24) is 0 Å². The van der Waals surface area contributed by atoms with Crippen molar-refractivity contribution in [3.05, 3.63) is 34.4 Å². The van der Waals surface area contributed by atoms with Crippen LogP contribution in [0.1, 0.15) is 244 Å². The SMILES string of the molecule is CCCCCCCC/C=C\CCCCCCCC(Oc1c(C)c(C)c2c(c1C)CCC(C)(CCCC(C)CCCC(C)CCCC(C)C)O2)O[Si](C)(C)OCCCCCCBr. The Bertz CT molecular complexity index is 1300. The van der Waals surface area contributed by atoms with Crippen LogP contribution in [-0.4, -0.2) is 32.4 Å². The lowest BCUT2D eigenvalue weighted by Gasteiger charge is -2.39. The number of allylic oxidation sites excluding steroid dienone is 2. The monoisotopic (exact) mass is 933 g/mol. The molecule has 0 saturated heterocycles. The lowest BCUT2D eigenvalue weighted by atomic mass is 9.83. The first-order valence-corrected chi connectivity index (χ1v) is 30.2. The van der Waals surface area contributed by atoms with Gasteiger partial charge in [-0.05, 0) is 146 Å². The molecule has 0 aromatic heterocycles. The molecule has 4 unspecified atom stereocenters. The quantitative estimate of drug-likeness (QED) is 0.0218. The molecule has 61 heavy (non-hydrogen) atoms. The van der Waals surface area contributed by atoms with Crippen LogP contribution in [-0.2, 0) is 15.3 Å². The molecule has 0 aliphatic carbocycles. The average molecular weight is 934 g/mol. The summed E-state index contributed by atoms with van der Waals surface area (Å²) in [5.74, 6) is 4.61. The minimum Gasteiger partial charge on any atom is -0.487 e. The Morgan fingerprint density at radius 2 is 1.21 bits per heavy atom. The maximum atomic E-state index is 7.03. The lowest BCUT2D eigenvalue weighted by molar-refractivity contribution is -0.0317. The van der Waals surface area contributed by atoms with E-state index in [-0.39, 0.29) is 11.9 Å². The minimum absolute atomic E-state index is 0.111. The fourth-order valence-electron chi connectivity index (χ4n) is 9.31. The van der Waals surface area contributed by atoms with Crippen LogP contribution in [0.15, 0.2) is 12.2 Å². The highest BCUT2D eigenvalue weighted by Crippen LogP contribution is 2.45. The lowest BCUT2D eigenvalue weighted by Crippen LogP contribution is -2.41. The molecule has 1 aliphatic heterocycles. The summed E-state index contributed by atoms with van der Waals surface area (Å²) in [5.41, 5.74) is 4.88. The van der Waals surface area contributed by atoms with Crippen LogP contribution < -0.4 is 9.47 Å². The highest BCUT2D eigenvalue weighted by Gasteiger charge is 2.36. The zero-order valence-electron chi connectivity index (χ0n) is 42.4. The van der Waals surface area contributed by atoms with E-state index in [1.807, 2.05) is 0 Å². The molecule has 0 fully saturated rings. The average Bonchev–Trinajstić information content (AvgIpc) is 3.21. The van der Waals surface area contributed by atoms with Crippen LogP contribution in [0.3, 0.4) is 0 Å². The van der Waals surface area contributed by atoms with Gasteiger partial charge in [-0.3, -0.25) is 0 Å². The van der Waals surface area contributed by atoms with E-state index in [4.69, 9.17) is 18.3 Å². The Morgan fingerprint density at radius 1 is 0.656 bits per heavy atom. The van der Waals surface area contributed by atoms with E-state index >= 15 is 0 Å². The Kier molecular flexibility index (Phi) is 30.3. The number of fused-ring (bicyclic) bond motifs is 1. The van der Waals surface area contributed by atoms with Gasteiger partial charge in [0.25, 0.3) is 0 Å². The van der Waals surface area contributed by atoms with Crippen LogP contribution in [0.2, 0.25) is 13.1 Å². The second-order valence-electron chi connectivity index (χ2n) is 20.8. The third-order valence-corrected chi connectivity index (χ3v) is 16.0. The van der Waals surface area contributed by atoms with E-state index in [0.29, 0.717) is 0 Å². The van der Waals surface area contributed by atoms with E-state index in [1.165, 1.54) is 170 Å². The molecule has 0 spiro atoms.